The van der Waals surface area contributed by atoms with Crippen LogP contribution in [0.15, 0.2) is 42.0 Å². The van der Waals surface area contributed by atoms with E-state index in [1.165, 1.54) is 25.3 Å². The molecule has 11 heteroatoms. The highest BCUT2D eigenvalue weighted by atomic mass is 19.1. The lowest BCUT2D eigenvalue weighted by Crippen LogP contribution is -2.53. The number of rotatable bonds is 5. The zero-order chi connectivity index (χ0) is 22.0. The number of carbonyl (C=O) groups excluding carboxylic acids is 3. The Kier molecular flexibility index (Phi) is 5.45. The van der Waals surface area contributed by atoms with Gasteiger partial charge in [-0.25, -0.2) is 9.18 Å². The molecule has 1 aliphatic rings. The Morgan fingerprint density at radius 1 is 1.23 bits per heavy atom. The molecule has 10 nitrogen and oxygen atoms in total. The highest BCUT2D eigenvalue weighted by Gasteiger charge is 2.36. The van der Waals surface area contributed by atoms with E-state index < -0.39 is 45.6 Å². The van der Waals surface area contributed by atoms with Crippen LogP contribution in [-0.2, 0) is 16.1 Å². The number of imide groups is 2. The molecule has 4 amide bonds. The summed E-state index contributed by atoms with van der Waals surface area (Å²) in [6.45, 7) is -0.228. The second kappa shape index (κ2) is 7.99. The molecule has 1 fully saturated rings. The first-order valence-electron chi connectivity index (χ1n) is 8.40. The number of phenols is 1. The minimum absolute atomic E-state index is 0.0194. The fourth-order valence-corrected chi connectivity index (χ4v) is 2.77. The van der Waals surface area contributed by atoms with Crippen molar-refractivity contribution in [2.24, 2.45) is 0 Å². The van der Waals surface area contributed by atoms with Crippen molar-refractivity contribution in [3.8, 4) is 11.5 Å². The van der Waals surface area contributed by atoms with E-state index in [-0.39, 0.29) is 17.9 Å². The molecule has 30 heavy (non-hydrogen) atoms. The number of hydrogen-bond donors (Lipinski definition) is 2. The van der Waals surface area contributed by atoms with Gasteiger partial charge in [-0.05, 0) is 35.4 Å². The van der Waals surface area contributed by atoms with Gasteiger partial charge in [0.15, 0.2) is 5.75 Å². The lowest BCUT2D eigenvalue weighted by molar-refractivity contribution is -0.386. The summed E-state index contributed by atoms with van der Waals surface area (Å²) in [7, 11) is 1.18. The van der Waals surface area contributed by atoms with Gasteiger partial charge in [-0.1, -0.05) is 12.1 Å². The minimum Gasteiger partial charge on any atom is -0.500 e. The van der Waals surface area contributed by atoms with Crippen LogP contribution in [0.2, 0.25) is 0 Å². The van der Waals surface area contributed by atoms with Crippen molar-refractivity contribution >= 4 is 29.6 Å². The second-order valence-electron chi connectivity index (χ2n) is 6.18. The van der Waals surface area contributed by atoms with E-state index in [2.05, 4.69) is 0 Å². The van der Waals surface area contributed by atoms with Crippen LogP contribution in [0.25, 0.3) is 6.08 Å². The molecule has 2 N–H and O–H groups in total. The van der Waals surface area contributed by atoms with E-state index in [0.29, 0.717) is 5.56 Å². The Balaban J connectivity index is 1.99. The van der Waals surface area contributed by atoms with Crippen LogP contribution in [0.1, 0.15) is 11.1 Å². The van der Waals surface area contributed by atoms with Crippen molar-refractivity contribution in [1.29, 1.82) is 0 Å². The number of ether oxygens (including phenoxy) is 1. The number of nitrogens with zero attached hydrogens (tertiary/aromatic N) is 2. The maximum absolute atomic E-state index is 13.1. The molecular weight excluding hydrogens is 401 g/mol. The molecule has 2 aromatic carbocycles. The number of phenolic OH excluding ortho intramolecular Hbond substituents is 1. The molecule has 0 radical (unpaired) electrons. The molecule has 1 saturated heterocycles. The van der Waals surface area contributed by atoms with E-state index in [9.17, 15) is 34.0 Å². The van der Waals surface area contributed by atoms with Crippen LogP contribution in [0.5, 0.6) is 11.5 Å². The van der Waals surface area contributed by atoms with Gasteiger partial charge in [0.25, 0.3) is 11.8 Å². The molecule has 0 bridgehead atoms. The first-order chi connectivity index (χ1) is 14.2. The molecule has 2 aromatic rings. The second-order valence-corrected chi connectivity index (χ2v) is 6.18. The molecule has 1 heterocycles. The average Bonchev–Trinajstić information content (AvgIpc) is 2.70. The largest absolute Gasteiger partial charge is 0.500 e. The normalized spacial score (nSPS) is 15.3. The topological polar surface area (TPSA) is 139 Å². The minimum atomic E-state index is -0.991. The summed E-state index contributed by atoms with van der Waals surface area (Å²) in [5, 5.41) is 23.0. The molecule has 154 valence electrons. The lowest BCUT2D eigenvalue weighted by Gasteiger charge is -2.26. The lowest BCUT2D eigenvalue weighted by atomic mass is 10.1. The van der Waals surface area contributed by atoms with Crippen molar-refractivity contribution in [3.05, 3.63) is 69.0 Å². The van der Waals surface area contributed by atoms with Gasteiger partial charge in [-0.15, -0.1) is 0 Å². The Labute approximate surface area is 168 Å². The van der Waals surface area contributed by atoms with Crippen LogP contribution >= 0.6 is 0 Å². The number of nitro benzene ring substituents is 1. The van der Waals surface area contributed by atoms with Crippen LogP contribution < -0.4 is 10.1 Å². The highest BCUT2D eigenvalue weighted by molar-refractivity contribution is 6.31. The zero-order valence-electron chi connectivity index (χ0n) is 15.4. The van der Waals surface area contributed by atoms with Gasteiger partial charge >= 0.3 is 11.7 Å². The van der Waals surface area contributed by atoms with Gasteiger partial charge in [-0.2, -0.15) is 0 Å². The number of nitro groups is 1. The average molecular weight is 415 g/mol. The molecule has 3 rings (SSSR count). The number of aromatic hydroxyl groups is 1. The fourth-order valence-electron chi connectivity index (χ4n) is 2.77. The third-order valence-electron chi connectivity index (χ3n) is 4.24. The monoisotopic (exact) mass is 415 g/mol. The van der Waals surface area contributed by atoms with Crippen molar-refractivity contribution in [2.45, 2.75) is 6.54 Å². The molecule has 1 aliphatic heterocycles. The third kappa shape index (κ3) is 3.94. The fraction of sp³-hybridized carbons (Fsp3) is 0.105. The van der Waals surface area contributed by atoms with Gasteiger partial charge in [-0.3, -0.25) is 29.9 Å². The van der Waals surface area contributed by atoms with Crippen molar-refractivity contribution < 1.29 is 33.5 Å². The van der Waals surface area contributed by atoms with Crippen LogP contribution in [0, 0.1) is 15.9 Å². The predicted molar refractivity (Wildman–Crippen MR) is 99.8 cm³/mol. The summed E-state index contributed by atoms with van der Waals surface area (Å²) in [6, 6.07) is 6.26. The summed E-state index contributed by atoms with van der Waals surface area (Å²) < 4.78 is 17.9. The number of urea groups is 1. The smallest absolute Gasteiger partial charge is 0.331 e. The maximum atomic E-state index is 13.1. The number of carbonyl (C=O) groups is 3. The molecular formula is C19H14FN3O7. The van der Waals surface area contributed by atoms with Crippen LogP contribution in [-0.4, -0.2) is 39.9 Å². The van der Waals surface area contributed by atoms with Gasteiger partial charge in [0.05, 0.1) is 18.6 Å². The van der Waals surface area contributed by atoms with E-state index in [4.69, 9.17) is 4.74 Å². The summed E-state index contributed by atoms with van der Waals surface area (Å²) in [6.07, 6.45) is 1.04. The number of barbiturate groups is 1. The highest BCUT2D eigenvalue weighted by Crippen LogP contribution is 2.37. The van der Waals surface area contributed by atoms with E-state index in [1.807, 2.05) is 5.32 Å². The zero-order valence-corrected chi connectivity index (χ0v) is 15.4. The van der Waals surface area contributed by atoms with Gasteiger partial charge in [0.2, 0.25) is 5.75 Å². The molecule has 0 aliphatic carbocycles. The summed E-state index contributed by atoms with van der Waals surface area (Å²) in [4.78, 5) is 48.1. The molecule has 0 spiro atoms. The van der Waals surface area contributed by atoms with Crippen LogP contribution in [0.4, 0.5) is 14.9 Å². The van der Waals surface area contributed by atoms with E-state index in [0.717, 1.165) is 29.2 Å². The number of halogens is 1. The van der Waals surface area contributed by atoms with Crippen molar-refractivity contribution in [3.63, 3.8) is 0 Å². The van der Waals surface area contributed by atoms with E-state index >= 15 is 0 Å². The van der Waals surface area contributed by atoms with Crippen molar-refractivity contribution in [1.82, 2.24) is 10.2 Å². The first kappa shape index (κ1) is 20.5. The quantitative estimate of drug-likeness (QED) is 0.330. The molecule has 0 aromatic heterocycles. The summed E-state index contributed by atoms with van der Waals surface area (Å²) >= 11 is 0. The Morgan fingerprint density at radius 3 is 2.50 bits per heavy atom. The standard InChI is InChI=1S/C19H14FN3O7/c1-30-15-8-11(7-14(16(15)24)23(28)29)6-13-17(25)21-19(27)22(18(13)26)9-10-2-4-12(20)5-3-10/h2-8,24H,9H2,1H3,(H,21,25,27)/b13-6-. The number of nitrogens with one attached hydrogen (secondary N) is 1. The molecule has 0 atom stereocenters. The number of methoxy groups -OCH3 is 1. The van der Waals surface area contributed by atoms with Gasteiger partial charge < -0.3 is 9.84 Å². The maximum Gasteiger partial charge on any atom is 0.331 e. The third-order valence-corrected chi connectivity index (χ3v) is 4.24. The van der Waals surface area contributed by atoms with Gasteiger partial charge in [0.1, 0.15) is 11.4 Å². The SMILES string of the molecule is COc1cc(/C=C2/C(=O)NC(=O)N(Cc3ccc(F)cc3)C2=O)cc([N+](=O)[O-])c1O. The van der Waals surface area contributed by atoms with Crippen molar-refractivity contribution in [2.75, 3.05) is 7.11 Å². The first-order valence-corrected chi connectivity index (χ1v) is 8.40. The Bertz CT molecular complexity index is 1100. The number of hydrogen-bond acceptors (Lipinski definition) is 7. The Morgan fingerprint density at radius 2 is 1.90 bits per heavy atom. The van der Waals surface area contributed by atoms with E-state index in [1.54, 1.807) is 0 Å². The Hall–Kier alpha value is -4.28. The number of amides is 4. The predicted octanol–water partition coefficient (Wildman–Crippen LogP) is 2.11. The number of benzene rings is 2. The molecule has 0 unspecified atom stereocenters. The molecule has 0 saturated carbocycles. The van der Waals surface area contributed by atoms with Gasteiger partial charge in [0, 0.05) is 6.07 Å². The summed E-state index contributed by atoms with van der Waals surface area (Å²) in [5.41, 5.74) is -0.690. The van der Waals surface area contributed by atoms with Crippen LogP contribution in [0.3, 0.4) is 0 Å². The summed E-state index contributed by atoms with van der Waals surface area (Å²) in [5.74, 6) is -3.37.